The topological polar surface area (TPSA) is 50.8 Å². The molecule has 3 heterocycles. The SMILES string of the molecule is COc1ccc(N2CCN(Cn3nc4nc(C)cc(C)n4c3=S)CC2)cc1. The van der Waals surface area contributed by atoms with E-state index in [0.717, 1.165) is 43.3 Å². The lowest BCUT2D eigenvalue weighted by Gasteiger charge is -2.35. The van der Waals surface area contributed by atoms with Gasteiger partial charge in [0.05, 0.1) is 13.8 Å². The van der Waals surface area contributed by atoms with Crippen molar-refractivity contribution in [3.8, 4) is 5.75 Å². The number of piperazine rings is 1. The van der Waals surface area contributed by atoms with Crippen LogP contribution in [0.1, 0.15) is 11.4 Å². The molecule has 1 aromatic carbocycles. The molecular formula is C19H24N6OS. The van der Waals surface area contributed by atoms with Crippen LogP contribution in [0.5, 0.6) is 5.75 Å². The third kappa shape index (κ3) is 3.54. The standard InChI is InChI=1S/C19H24N6OS/c1-14-12-15(2)25-18(20-14)21-24(19(25)27)13-22-8-10-23(11-9-22)16-4-6-17(26-3)7-5-16/h4-7,12H,8-11,13H2,1-3H3. The minimum absolute atomic E-state index is 0.675. The van der Waals surface area contributed by atoms with Gasteiger partial charge in [0.2, 0.25) is 4.77 Å². The predicted molar refractivity (Wildman–Crippen MR) is 108 cm³/mol. The first-order chi connectivity index (χ1) is 13.0. The molecule has 0 spiro atoms. The van der Waals surface area contributed by atoms with Crippen molar-refractivity contribution < 1.29 is 4.74 Å². The first kappa shape index (κ1) is 17.9. The van der Waals surface area contributed by atoms with Gasteiger partial charge in [-0.25, -0.2) is 9.67 Å². The minimum Gasteiger partial charge on any atom is -0.497 e. The predicted octanol–water partition coefficient (Wildman–Crippen LogP) is 2.67. The Hall–Kier alpha value is -2.45. The number of hydrogen-bond acceptors (Lipinski definition) is 6. The van der Waals surface area contributed by atoms with Crippen LogP contribution in [-0.2, 0) is 6.67 Å². The van der Waals surface area contributed by atoms with Crippen LogP contribution in [0, 0.1) is 18.6 Å². The molecule has 142 valence electrons. The largest absolute Gasteiger partial charge is 0.497 e. The van der Waals surface area contributed by atoms with E-state index in [4.69, 9.17) is 17.0 Å². The van der Waals surface area contributed by atoms with E-state index in [2.05, 4.69) is 32.0 Å². The zero-order valence-electron chi connectivity index (χ0n) is 15.9. The molecule has 0 bridgehead atoms. The summed E-state index contributed by atoms with van der Waals surface area (Å²) < 4.78 is 9.76. The van der Waals surface area contributed by atoms with E-state index in [0.29, 0.717) is 17.2 Å². The van der Waals surface area contributed by atoms with Gasteiger partial charge in [-0.15, -0.1) is 5.10 Å². The summed E-state index contributed by atoms with van der Waals surface area (Å²) in [7, 11) is 1.69. The summed E-state index contributed by atoms with van der Waals surface area (Å²) >= 11 is 5.62. The molecule has 8 heteroatoms. The molecule has 2 aromatic heterocycles. The Morgan fingerprint density at radius 3 is 2.44 bits per heavy atom. The number of aromatic nitrogens is 4. The Balaban J connectivity index is 1.45. The Labute approximate surface area is 163 Å². The van der Waals surface area contributed by atoms with Gasteiger partial charge in [-0.2, -0.15) is 0 Å². The number of ether oxygens (including phenoxy) is 1. The van der Waals surface area contributed by atoms with E-state index in [9.17, 15) is 0 Å². The van der Waals surface area contributed by atoms with Crippen LogP contribution >= 0.6 is 12.2 Å². The van der Waals surface area contributed by atoms with Crippen molar-refractivity contribution in [1.29, 1.82) is 0 Å². The van der Waals surface area contributed by atoms with Crippen molar-refractivity contribution in [3.05, 3.63) is 46.5 Å². The molecule has 3 aromatic rings. The molecule has 0 N–H and O–H groups in total. The number of rotatable bonds is 4. The fourth-order valence-corrected chi connectivity index (χ4v) is 3.88. The number of hydrogen-bond donors (Lipinski definition) is 0. The number of benzene rings is 1. The van der Waals surface area contributed by atoms with Crippen LogP contribution in [0.15, 0.2) is 30.3 Å². The summed E-state index contributed by atoms with van der Waals surface area (Å²) in [5, 5.41) is 4.62. The van der Waals surface area contributed by atoms with E-state index in [1.165, 1.54) is 5.69 Å². The van der Waals surface area contributed by atoms with Crippen LogP contribution in [0.25, 0.3) is 5.78 Å². The maximum Gasteiger partial charge on any atom is 0.254 e. The monoisotopic (exact) mass is 384 g/mol. The molecule has 0 aliphatic carbocycles. The summed E-state index contributed by atoms with van der Waals surface area (Å²) in [5.74, 6) is 1.56. The summed E-state index contributed by atoms with van der Waals surface area (Å²) in [6.07, 6.45) is 0. The molecular weight excluding hydrogens is 360 g/mol. The van der Waals surface area contributed by atoms with Gasteiger partial charge < -0.3 is 9.64 Å². The molecule has 0 unspecified atom stereocenters. The molecule has 0 radical (unpaired) electrons. The number of nitrogens with zero attached hydrogens (tertiary/aromatic N) is 6. The molecule has 0 amide bonds. The summed E-state index contributed by atoms with van der Waals surface area (Å²) in [4.78, 5) is 9.28. The maximum atomic E-state index is 5.62. The average Bonchev–Trinajstić information content (AvgIpc) is 2.98. The fourth-order valence-electron chi connectivity index (χ4n) is 3.56. The van der Waals surface area contributed by atoms with Crippen LogP contribution in [0.2, 0.25) is 0 Å². The molecule has 1 fully saturated rings. The van der Waals surface area contributed by atoms with Gasteiger partial charge in [-0.1, -0.05) is 0 Å². The van der Waals surface area contributed by atoms with Crippen LogP contribution in [0.4, 0.5) is 5.69 Å². The fraction of sp³-hybridized carbons (Fsp3) is 0.421. The van der Waals surface area contributed by atoms with Gasteiger partial charge in [-0.3, -0.25) is 9.30 Å². The molecule has 1 saturated heterocycles. The van der Waals surface area contributed by atoms with Crippen LogP contribution in [-0.4, -0.2) is 57.4 Å². The highest BCUT2D eigenvalue weighted by Gasteiger charge is 2.19. The van der Waals surface area contributed by atoms with Gasteiger partial charge in [0.1, 0.15) is 5.75 Å². The van der Waals surface area contributed by atoms with Gasteiger partial charge >= 0.3 is 0 Å². The molecule has 4 rings (SSSR count). The number of anilines is 1. The molecule has 27 heavy (non-hydrogen) atoms. The van der Waals surface area contributed by atoms with Crippen molar-refractivity contribution in [2.75, 3.05) is 38.2 Å². The third-order valence-electron chi connectivity index (χ3n) is 5.01. The Morgan fingerprint density at radius 2 is 1.78 bits per heavy atom. The zero-order chi connectivity index (χ0) is 19.0. The van der Waals surface area contributed by atoms with Crippen molar-refractivity contribution in [2.24, 2.45) is 0 Å². The highest BCUT2D eigenvalue weighted by molar-refractivity contribution is 7.71. The van der Waals surface area contributed by atoms with E-state index in [1.54, 1.807) is 7.11 Å². The smallest absolute Gasteiger partial charge is 0.254 e. The third-order valence-corrected chi connectivity index (χ3v) is 5.41. The van der Waals surface area contributed by atoms with Crippen molar-refractivity contribution >= 4 is 23.7 Å². The molecule has 1 aliphatic rings. The quantitative estimate of drug-likeness (QED) is 0.645. The van der Waals surface area contributed by atoms with Gasteiger partial charge in [-0.05, 0) is 56.4 Å². The first-order valence-electron chi connectivity index (χ1n) is 9.10. The van der Waals surface area contributed by atoms with Crippen molar-refractivity contribution in [1.82, 2.24) is 24.1 Å². The molecule has 0 saturated carbocycles. The summed E-state index contributed by atoms with van der Waals surface area (Å²) in [5.41, 5.74) is 3.26. The van der Waals surface area contributed by atoms with Gasteiger partial charge in [0.15, 0.2) is 0 Å². The number of methoxy groups -OCH3 is 1. The summed E-state index contributed by atoms with van der Waals surface area (Å²) in [6, 6.07) is 10.3. The van der Waals surface area contributed by atoms with Crippen LogP contribution in [0.3, 0.4) is 0 Å². The van der Waals surface area contributed by atoms with Crippen molar-refractivity contribution in [2.45, 2.75) is 20.5 Å². The van der Waals surface area contributed by atoms with Gasteiger partial charge in [0.25, 0.3) is 5.78 Å². The first-order valence-corrected chi connectivity index (χ1v) is 9.51. The number of aryl methyl sites for hydroxylation is 2. The second-order valence-electron chi connectivity index (χ2n) is 6.90. The Kier molecular flexibility index (Phi) is 4.84. The lowest BCUT2D eigenvalue weighted by molar-refractivity contribution is 0.194. The Morgan fingerprint density at radius 1 is 1.07 bits per heavy atom. The second-order valence-corrected chi connectivity index (χ2v) is 7.27. The molecule has 1 aliphatic heterocycles. The lowest BCUT2D eigenvalue weighted by Crippen LogP contribution is -2.46. The maximum absolute atomic E-state index is 5.62. The van der Waals surface area contributed by atoms with E-state index >= 15 is 0 Å². The average molecular weight is 385 g/mol. The molecule has 0 atom stereocenters. The molecule has 7 nitrogen and oxygen atoms in total. The van der Waals surface area contributed by atoms with E-state index in [1.807, 2.05) is 41.1 Å². The normalized spacial score (nSPS) is 15.4. The van der Waals surface area contributed by atoms with Crippen molar-refractivity contribution in [3.63, 3.8) is 0 Å². The van der Waals surface area contributed by atoms with Crippen LogP contribution < -0.4 is 9.64 Å². The Bertz CT molecular complexity index is 1000. The summed E-state index contributed by atoms with van der Waals surface area (Å²) in [6.45, 7) is 8.59. The highest BCUT2D eigenvalue weighted by Crippen LogP contribution is 2.20. The van der Waals surface area contributed by atoms with E-state index in [-0.39, 0.29) is 0 Å². The second kappa shape index (κ2) is 7.28. The van der Waals surface area contributed by atoms with E-state index < -0.39 is 0 Å². The zero-order valence-corrected chi connectivity index (χ0v) is 16.7. The van der Waals surface area contributed by atoms with Gasteiger partial charge in [0, 0.05) is 43.3 Å². The minimum atomic E-state index is 0.675. The number of fused-ring (bicyclic) bond motifs is 1. The lowest BCUT2D eigenvalue weighted by atomic mass is 10.2. The highest BCUT2D eigenvalue weighted by atomic mass is 32.1.